The largest absolute Gasteiger partial charge is 0.464 e. The second-order valence-electron chi connectivity index (χ2n) is 3.31. The lowest BCUT2D eigenvalue weighted by molar-refractivity contribution is -0.144. The van der Waals surface area contributed by atoms with Crippen molar-refractivity contribution in [1.29, 1.82) is 0 Å². The summed E-state index contributed by atoms with van der Waals surface area (Å²) in [5.41, 5.74) is 0.161. The number of esters is 1. The van der Waals surface area contributed by atoms with E-state index in [0.717, 1.165) is 0 Å². The molecule has 0 saturated carbocycles. The van der Waals surface area contributed by atoms with Crippen molar-refractivity contribution in [3.05, 3.63) is 29.0 Å². The number of carbonyl (C=O) groups is 2. The molecule has 5 nitrogen and oxygen atoms in total. The van der Waals surface area contributed by atoms with Crippen LogP contribution in [-0.2, 0) is 9.53 Å². The minimum atomic E-state index is -0.719. The molecule has 17 heavy (non-hydrogen) atoms. The molecule has 1 aromatic heterocycles. The van der Waals surface area contributed by atoms with Crippen molar-refractivity contribution < 1.29 is 14.3 Å². The molecule has 0 saturated heterocycles. The van der Waals surface area contributed by atoms with E-state index in [1.54, 1.807) is 19.9 Å². The molecule has 6 heteroatoms. The molecule has 0 aliphatic carbocycles. The predicted octanol–water partition coefficient (Wildman–Crippen LogP) is 1.42. The highest BCUT2D eigenvalue weighted by molar-refractivity contribution is 6.30. The first kappa shape index (κ1) is 13.4. The van der Waals surface area contributed by atoms with E-state index < -0.39 is 17.9 Å². The lowest BCUT2D eigenvalue weighted by atomic mass is 10.3. The highest BCUT2D eigenvalue weighted by Crippen LogP contribution is 2.07. The minimum absolute atomic E-state index is 0.161. The Hall–Kier alpha value is -1.62. The highest BCUT2D eigenvalue weighted by atomic mass is 35.5. The fourth-order valence-electron chi connectivity index (χ4n) is 1.13. The van der Waals surface area contributed by atoms with Gasteiger partial charge in [-0.1, -0.05) is 11.6 Å². The topological polar surface area (TPSA) is 68.3 Å². The van der Waals surface area contributed by atoms with Crippen LogP contribution in [0.5, 0.6) is 0 Å². The minimum Gasteiger partial charge on any atom is -0.464 e. The Morgan fingerprint density at radius 1 is 1.59 bits per heavy atom. The SMILES string of the molecule is CCOC(=O)C(C)NC(=O)c1cc(Cl)ccn1. The molecule has 1 aromatic rings. The summed E-state index contributed by atoms with van der Waals surface area (Å²) < 4.78 is 4.76. The van der Waals surface area contributed by atoms with Crippen molar-refractivity contribution in [1.82, 2.24) is 10.3 Å². The summed E-state index contributed by atoms with van der Waals surface area (Å²) in [6.45, 7) is 3.51. The summed E-state index contributed by atoms with van der Waals surface area (Å²) >= 11 is 5.73. The van der Waals surface area contributed by atoms with E-state index in [9.17, 15) is 9.59 Å². The number of nitrogens with one attached hydrogen (secondary N) is 1. The zero-order valence-electron chi connectivity index (χ0n) is 9.57. The molecule has 0 radical (unpaired) electrons. The average Bonchev–Trinajstić information content (AvgIpc) is 2.29. The Balaban J connectivity index is 2.63. The van der Waals surface area contributed by atoms with Crippen molar-refractivity contribution >= 4 is 23.5 Å². The zero-order chi connectivity index (χ0) is 12.8. The first-order chi connectivity index (χ1) is 8.04. The fraction of sp³-hybridized carbons (Fsp3) is 0.364. The number of nitrogens with zero attached hydrogens (tertiary/aromatic N) is 1. The van der Waals surface area contributed by atoms with Gasteiger partial charge in [0.05, 0.1) is 6.61 Å². The van der Waals surface area contributed by atoms with Gasteiger partial charge in [-0.2, -0.15) is 0 Å². The normalized spacial score (nSPS) is 11.7. The molecular formula is C11H13ClN2O3. The van der Waals surface area contributed by atoms with Gasteiger partial charge in [-0.15, -0.1) is 0 Å². The number of hydrogen-bond donors (Lipinski definition) is 1. The van der Waals surface area contributed by atoms with Gasteiger partial charge < -0.3 is 10.1 Å². The van der Waals surface area contributed by atoms with Crippen LogP contribution >= 0.6 is 11.6 Å². The van der Waals surface area contributed by atoms with E-state index in [2.05, 4.69) is 10.3 Å². The smallest absolute Gasteiger partial charge is 0.328 e. The van der Waals surface area contributed by atoms with Crippen LogP contribution in [0.25, 0.3) is 0 Å². The van der Waals surface area contributed by atoms with Gasteiger partial charge in [0, 0.05) is 11.2 Å². The summed E-state index contributed by atoms with van der Waals surface area (Å²) in [6, 6.07) is 2.27. The van der Waals surface area contributed by atoms with Crippen molar-refractivity contribution in [2.75, 3.05) is 6.61 Å². The highest BCUT2D eigenvalue weighted by Gasteiger charge is 2.18. The molecule has 1 unspecified atom stereocenters. The lowest BCUT2D eigenvalue weighted by Gasteiger charge is -2.12. The Kier molecular flexibility index (Phi) is 4.90. The molecule has 0 fully saturated rings. The second-order valence-corrected chi connectivity index (χ2v) is 3.74. The quantitative estimate of drug-likeness (QED) is 0.828. The number of aromatic nitrogens is 1. The van der Waals surface area contributed by atoms with Gasteiger partial charge in [0.15, 0.2) is 0 Å². The Morgan fingerprint density at radius 2 is 2.29 bits per heavy atom. The van der Waals surface area contributed by atoms with Crippen LogP contribution in [0.1, 0.15) is 24.3 Å². The van der Waals surface area contributed by atoms with E-state index in [-0.39, 0.29) is 12.3 Å². The third-order valence-electron chi connectivity index (χ3n) is 1.94. The fourth-order valence-corrected chi connectivity index (χ4v) is 1.29. The Labute approximate surface area is 104 Å². The number of ether oxygens (including phenoxy) is 1. The third kappa shape index (κ3) is 4.03. The summed E-state index contributed by atoms with van der Waals surface area (Å²) in [6.07, 6.45) is 1.42. The maximum Gasteiger partial charge on any atom is 0.328 e. The molecule has 0 aliphatic heterocycles. The monoisotopic (exact) mass is 256 g/mol. The van der Waals surface area contributed by atoms with Crippen LogP contribution in [0.15, 0.2) is 18.3 Å². The lowest BCUT2D eigenvalue weighted by Crippen LogP contribution is -2.39. The van der Waals surface area contributed by atoms with E-state index in [0.29, 0.717) is 5.02 Å². The van der Waals surface area contributed by atoms with Crippen molar-refractivity contribution in [2.24, 2.45) is 0 Å². The van der Waals surface area contributed by atoms with Gasteiger partial charge in [-0.25, -0.2) is 4.79 Å². The first-order valence-electron chi connectivity index (χ1n) is 5.13. The average molecular weight is 257 g/mol. The Bertz CT molecular complexity index is 423. The van der Waals surface area contributed by atoms with Gasteiger partial charge in [-0.05, 0) is 26.0 Å². The van der Waals surface area contributed by atoms with E-state index in [4.69, 9.17) is 16.3 Å². The third-order valence-corrected chi connectivity index (χ3v) is 2.18. The molecule has 1 amide bonds. The van der Waals surface area contributed by atoms with Gasteiger partial charge >= 0.3 is 5.97 Å². The van der Waals surface area contributed by atoms with Gasteiger partial charge in [0.2, 0.25) is 0 Å². The molecule has 0 aliphatic rings. The summed E-state index contributed by atoms with van der Waals surface area (Å²) in [7, 11) is 0. The molecule has 1 heterocycles. The first-order valence-corrected chi connectivity index (χ1v) is 5.51. The molecule has 92 valence electrons. The molecule has 0 spiro atoms. The standard InChI is InChI=1S/C11H13ClN2O3/c1-3-17-11(16)7(2)14-10(15)9-6-8(12)4-5-13-9/h4-7H,3H2,1-2H3,(H,14,15). The number of halogens is 1. The summed E-state index contributed by atoms with van der Waals surface area (Å²) in [5.74, 6) is -0.948. The van der Waals surface area contributed by atoms with Crippen molar-refractivity contribution in [3.8, 4) is 0 Å². The summed E-state index contributed by atoms with van der Waals surface area (Å²) in [5, 5.41) is 2.88. The summed E-state index contributed by atoms with van der Waals surface area (Å²) in [4.78, 5) is 26.8. The van der Waals surface area contributed by atoms with Crippen LogP contribution in [0.4, 0.5) is 0 Å². The number of hydrogen-bond acceptors (Lipinski definition) is 4. The van der Waals surface area contributed by atoms with E-state index >= 15 is 0 Å². The maximum atomic E-state index is 11.7. The molecular weight excluding hydrogens is 244 g/mol. The van der Waals surface area contributed by atoms with Gasteiger partial charge in [0.25, 0.3) is 5.91 Å². The van der Waals surface area contributed by atoms with Crippen molar-refractivity contribution in [2.45, 2.75) is 19.9 Å². The number of carbonyl (C=O) groups excluding carboxylic acids is 2. The number of pyridine rings is 1. The van der Waals surface area contributed by atoms with Crippen LogP contribution in [0.2, 0.25) is 5.02 Å². The zero-order valence-corrected chi connectivity index (χ0v) is 10.3. The molecule has 1 N–H and O–H groups in total. The number of amides is 1. The van der Waals surface area contributed by atoms with Gasteiger partial charge in [0.1, 0.15) is 11.7 Å². The number of rotatable bonds is 4. The van der Waals surface area contributed by atoms with Crippen LogP contribution < -0.4 is 5.32 Å². The van der Waals surface area contributed by atoms with Gasteiger partial charge in [-0.3, -0.25) is 9.78 Å². The van der Waals surface area contributed by atoms with Crippen molar-refractivity contribution in [3.63, 3.8) is 0 Å². The van der Waals surface area contributed by atoms with Crippen LogP contribution in [-0.4, -0.2) is 29.5 Å². The predicted molar refractivity (Wildman–Crippen MR) is 62.8 cm³/mol. The maximum absolute atomic E-state index is 11.7. The van der Waals surface area contributed by atoms with Crippen LogP contribution in [0, 0.1) is 0 Å². The molecule has 0 aromatic carbocycles. The Morgan fingerprint density at radius 3 is 2.88 bits per heavy atom. The van der Waals surface area contributed by atoms with E-state index in [1.165, 1.54) is 12.3 Å². The molecule has 1 atom stereocenters. The van der Waals surface area contributed by atoms with Crippen LogP contribution in [0.3, 0.4) is 0 Å². The van der Waals surface area contributed by atoms with E-state index in [1.807, 2.05) is 0 Å². The second kappa shape index (κ2) is 6.20. The molecule has 1 rings (SSSR count). The molecule has 0 bridgehead atoms.